The van der Waals surface area contributed by atoms with Crippen LogP contribution in [-0.4, -0.2) is 16.8 Å². The summed E-state index contributed by atoms with van der Waals surface area (Å²) in [6.07, 6.45) is -0.954. The molecule has 1 saturated carbocycles. The lowest BCUT2D eigenvalue weighted by Gasteiger charge is -2.42. The fourth-order valence-electron chi connectivity index (χ4n) is 1.06. The highest BCUT2D eigenvalue weighted by atomic mass is 35.5. The molecule has 0 radical (unpaired) electrons. The predicted octanol–water partition coefficient (Wildman–Crippen LogP) is 2.45. The Hall–Kier alpha value is -0.510. The molecule has 0 N–H and O–H groups in total. The number of allylic oxidation sites excluding steroid dienone is 1. The molecular weight excluding hydrogens is 193 g/mol. The van der Waals surface area contributed by atoms with Crippen LogP contribution in [0.25, 0.3) is 0 Å². The van der Waals surface area contributed by atoms with Crippen molar-refractivity contribution in [1.82, 2.24) is 0 Å². The van der Waals surface area contributed by atoms with Crippen molar-refractivity contribution in [1.29, 1.82) is 0 Å². The molecule has 1 rings (SSSR count). The van der Waals surface area contributed by atoms with E-state index in [-0.39, 0.29) is 0 Å². The van der Waals surface area contributed by atoms with E-state index < -0.39 is 35.2 Å². The Labute approximate surface area is 72.2 Å². The number of halogens is 4. The van der Waals surface area contributed by atoms with Crippen molar-refractivity contribution >= 4 is 16.8 Å². The van der Waals surface area contributed by atoms with Gasteiger partial charge in [-0.25, -0.2) is 13.2 Å². The third kappa shape index (κ3) is 1.05. The molecule has 1 aliphatic rings. The van der Waals surface area contributed by atoms with Crippen LogP contribution >= 0.6 is 11.6 Å². The second-order valence-electron chi connectivity index (χ2n) is 2.76. The van der Waals surface area contributed by atoms with Crippen LogP contribution in [0.1, 0.15) is 12.8 Å². The summed E-state index contributed by atoms with van der Waals surface area (Å²) in [7, 11) is 0. The molecule has 68 valence electrons. The van der Waals surface area contributed by atoms with Crippen molar-refractivity contribution < 1.29 is 18.0 Å². The Morgan fingerprint density at radius 3 is 1.92 bits per heavy atom. The van der Waals surface area contributed by atoms with E-state index in [4.69, 9.17) is 11.6 Å². The molecule has 5 heteroatoms. The number of carbonyl (C=O) groups is 1. The molecule has 0 aromatic carbocycles. The lowest BCUT2D eigenvalue weighted by molar-refractivity contribution is -0.191. The van der Waals surface area contributed by atoms with Gasteiger partial charge in [0.25, 0.3) is 11.2 Å². The lowest BCUT2D eigenvalue weighted by atomic mass is 9.73. The number of alkyl halides is 3. The summed E-state index contributed by atoms with van der Waals surface area (Å²) < 4.78 is 38.3. The maximum atomic E-state index is 13.2. The van der Waals surface area contributed by atoms with Gasteiger partial charge in [-0.15, -0.1) is 0 Å². The van der Waals surface area contributed by atoms with Gasteiger partial charge >= 0.3 is 0 Å². The zero-order chi connectivity index (χ0) is 9.57. The monoisotopic (exact) mass is 198 g/mol. The standard InChI is InChI=1S/C7H6ClF3O/c1-4(5(8)12)6(9)2-3-7(6,10)11/h1-3H2. The van der Waals surface area contributed by atoms with E-state index in [1.165, 1.54) is 0 Å². The molecule has 0 aliphatic heterocycles. The first-order valence-corrected chi connectivity index (χ1v) is 3.65. The summed E-state index contributed by atoms with van der Waals surface area (Å²) >= 11 is 4.84. The van der Waals surface area contributed by atoms with Crippen LogP contribution in [0.2, 0.25) is 0 Å². The van der Waals surface area contributed by atoms with Crippen molar-refractivity contribution in [3.05, 3.63) is 12.2 Å². The highest BCUT2D eigenvalue weighted by molar-refractivity contribution is 6.67. The van der Waals surface area contributed by atoms with E-state index in [2.05, 4.69) is 6.58 Å². The molecule has 0 aromatic rings. The second kappa shape index (κ2) is 2.49. The smallest absolute Gasteiger partial charge is 0.276 e. The first-order chi connectivity index (χ1) is 5.31. The third-order valence-electron chi connectivity index (χ3n) is 2.08. The SMILES string of the molecule is C=C(C(=O)Cl)C1(F)CCC1(F)F. The van der Waals surface area contributed by atoms with Crippen LogP contribution in [0.15, 0.2) is 12.2 Å². The van der Waals surface area contributed by atoms with Gasteiger partial charge in [0, 0.05) is 12.0 Å². The van der Waals surface area contributed by atoms with Gasteiger partial charge in [0.15, 0.2) is 0 Å². The Bertz CT molecular complexity index is 251. The van der Waals surface area contributed by atoms with Crippen molar-refractivity contribution in [2.75, 3.05) is 0 Å². The highest BCUT2D eigenvalue weighted by Crippen LogP contribution is 2.53. The molecule has 0 bridgehead atoms. The summed E-state index contributed by atoms with van der Waals surface area (Å²) in [5.74, 6) is -3.49. The second-order valence-corrected chi connectivity index (χ2v) is 3.10. The van der Waals surface area contributed by atoms with Crippen LogP contribution in [0.3, 0.4) is 0 Å². The highest BCUT2D eigenvalue weighted by Gasteiger charge is 2.65. The van der Waals surface area contributed by atoms with E-state index in [9.17, 15) is 18.0 Å². The van der Waals surface area contributed by atoms with E-state index >= 15 is 0 Å². The van der Waals surface area contributed by atoms with Crippen molar-refractivity contribution in [2.45, 2.75) is 24.4 Å². The molecule has 0 saturated heterocycles. The van der Waals surface area contributed by atoms with Gasteiger partial charge in [0.1, 0.15) is 0 Å². The van der Waals surface area contributed by atoms with Gasteiger partial charge in [-0.2, -0.15) is 0 Å². The molecule has 0 heterocycles. The van der Waals surface area contributed by atoms with Gasteiger partial charge in [-0.1, -0.05) is 6.58 Å². The van der Waals surface area contributed by atoms with Gasteiger partial charge < -0.3 is 0 Å². The predicted molar refractivity (Wildman–Crippen MR) is 38.0 cm³/mol. The fraction of sp³-hybridized carbons (Fsp3) is 0.571. The van der Waals surface area contributed by atoms with Gasteiger partial charge in [0.2, 0.25) is 5.67 Å². The summed E-state index contributed by atoms with van der Waals surface area (Å²) in [6.45, 7) is 2.91. The Balaban J connectivity index is 2.88. The first kappa shape index (κ1) is 9.58. The molecule has 12 heavy (non-hydrogen) atoms. The van der Waals surface area contributed by atoms with Crippen LogP contribution in [-0.2, 0) is 4.79 Å². The summed E-state index contributed by atoms with van der Waals surface area (Å²) in [5.41, 5.74) is -3.76. The zero-order valence-electron chi connectivity index (χ0n) is 6.04. The lowest BCUT2D eigenvalue weighted by Crippen LogP contribution is -2.55. The minimum Gasteiger partial charge on any atom is -0.276 e. The number of carbonyl (C=O) groups excluding carboxylic acids is 1. The molecule has 0 spiro atoms. The van der Waals surface area contributed by atoms with Crippen molar-refractivity contribution in [2.24, 2.45) is 0 Å². The Kier molecular flexibility index (Phi) is 1.98. The van der Waals surface area contributed by atoms with Gasteiger partial charge in [0.05, 0.1) is 0 Å². The largest absolute Gasteiger partial charge is 0.285 e. The van der Waals surface area contributed by atoms with Gasteiger partial charge in [-0.05, 0) is 18.0 Å². The van der Waals surface area contributed by atoms with Crippen LogP contribution in [0.5, 0.6) is 0 Å². The topological polar surface area (TPSA) is 17.1 Å². The third-order valence-corrected chi connectivity index (χ3v) is 2.31. The normalized spacial score (nSPS) is 32.3. The molecule has 1 nitrogen and oxygen atoms in total. The van der Waals surface area contributed by atoms with E-state index in [0.717, 1.165) is 0 Å². The molecule has 0 aromatic heterocycles. The zero-order valence-corrected chi connectivity index (χ0v) is 6.80. The molecular formula is C7H6ClF3O. The summed E-state index contributed by atoms with van der Waals surface area (Å²) in [5, 5.41) is -1.24. The molecule has 1 fully saturated rings. The van der Waals surface area contributed by atoms with E-state index in [1.54, 1.807) is 0 Å². The molecule has 1 aliphatic carbocycles. The molecule has 0 amide bonds. The average Bonchev–Trinajstić information content (AvgIpc) is 1.99. The first-order valence-electron chi connectivity index (χ1n) is 3.27. The van der Waals surface area contributed by atoms with E-state index in [1.807, 2.05) is 0 Å². The van der Waals surface area contributed by atoms with Crippen LogP contribution < -0.4 is 0 Å². The maximum absolute atomic E-state index is 13.2. The number of hydrogen-bond acceptors (Lipinski definition) is 1. The number of hydrogen-bond donors (Lipinski definition) is 0. The summed E-state index contributed by atoms with van der Waals surface area (Å²) in [4.78, 5) is 10.4. The quantitative estimate of drug-likeness (QED) is 0.492. The molecule has 1 atom stereocenters. The minimum absolute atomic E-state index is 0.392. The van der Waals surface area contributed by atoms with E-state index in [0.29, 0.717) is 0 Å². The number of rotatable bonds is 2. The Morgan fingerprint density at radius 2 is 1.83 bits per heavy atom. The minimum atomic E-state index is -3.49. The average molecular weight is 199 g/mol. The fourth-order valence-corrected chi connectivity index (χ4v) is 1.21. The van der Waals surface area contributed by atoms with Crippen molar-refractivity contribution in [3.63, 3.8) is 0 Å². The van der Waals surface area contributed by atoms with Crippen LogP contribution in [0, 0.1) is 0 Å². The van der Waals surface area contributed by atoms with Gasteiger partial charge in [-0.3, -0.25) is 4.79 Å². The van der Waals surface area contributed by atoms with Crippen molar-refractivity contribution in [3.8, 4) is 0 Å². The Morgan fingerprint density at radius 1 is 1.33 bits per heavy atom. The molecule has 1 unspecified atom stereocenters. The summed E-state index contributed by atoms with van der Waals surface area (Å²) in [6, 6.07) is 0. The van der Waals surface area contributed by atoms with Crippen LogP contribution in [0.4, 0.5) is 13.2 Å². The maximum Gasteiger partial charge on any atom is 0.285 e.